The van der Waals surface area contributed by atoms with Gasteiger partial charge in [0.15, 0.2) is 0 Å². The molecule has 0 saturated heterocycles. The maximum absolute atomic E-state index is 6.16. The van der Waals surface area contributed by atoms with Crippen LogP contribution < -0.4 is 15.8 Å². The molecule has 8 heteroatoms. The van der Waals surface area contributed by atoms with Crippen molar-refractivity contribution in [3.05, 3.63) is 65.0 Å². The molecule has 4 aromatic rings. The summed E-state index contributed by atoms with van der Waals surface area (Å²) in [7, 11) is 0. The Morgan fingerprint density at radius 1 is 1.24 bits per heavy atom. The SMILES string of the molecule is Cc1cc(CN[C@H]2CCc3c(-c4noc(-c5ccc(OC(C)C)c(N)c5)n4)cccc32)n[nH]1. The molecule has 0 radical (unpaired) electrons. The van der Waals surface area contributed by atoms with Crippen molar-refractivity contribution in [2.75, 3.05) is 5.73 Å². The number of ether oxygens (including phenoxy) is 1. The lowest BCUT2D eigenvalue weighted by Gasteiger charge is -2.13. The summed E-state index contributed by atoms with van der Waals surface area (Å²) in [6.07, 6.45) is 2.03. The van der Waals surface area contributed by atoms with Gasteiger partial charge in [0.1, 0.15) is 5.75 Å². The van der Waals surface area contributed by atoms with Crippen molar-refractivity contribution in [1.82, 2.24) is 25.7 Å². The number of nitrogens with zero attached hydrogens (tertiary/aromatic N) is 3. The summed E-state index contributed by atoms with van der Waals surface area (Å²) >= 11 is 0. The number of fused-ring (bicyclic) bond motifs is 1. The van der Waals surface area contributed by atoms with E-state index in [0.29, 0.717) is 23.2 Å². The van der Waals surface area contributed by atoms with Gasteiger partial charge in [0, 0.05) is 29.4 Å². The number of rotatable bonds is 7. The second kappa shape index (κ2) is 8.71. The van der Waals surface area contributed by atoms with Gasteiger partial charge in [0.2, 0.25) is 5.82 Å². The zero-order chi connectivity index (χ0) is 22.9. The van der Waals surface area contributed by atoms with Crippen LogP contribution in [0.3, 0.4) is 0 Å². The quantitative estimate of drug-likeness (QED) is 0.357. The molecule has 2 aromatic carbocycles. The highest BCUT2D eigenvalue weighted by Gasteiger charge is 2.26. The van der Waals surface area contributed by atoms with Gasteiger partial charge in [-0.1, -0.05) is 23.4 Å². The summed E-state index contributed by atoms with van der Waals surface area (Å²) in [4.78, 5) is 4.67. The summed E-state index contributed by atoms with van der Waals surface area (Å²) in [5, 5.41) is 15.2. The van der Waals surface area contributed by atoms with Crippen LogP contribution in [-0.4, -0.2) is 26.4 Å². The highest BCUT2D eigenvalue weighted by molar-refractivity contribution is 5.69. The van der Waals surface area contributed by atoms with Gasteiger partial charge in [-0.15, -0.1) is 0 Å². The third-order valence-electron chi connectivity index (χ3n) is 5.85. The molecule has 5 rings (SSSR count). The largest absolute Gasteiger partial charge is 0.489 e. The van der Waals surface area contributed by atoms with Gasteiger partial charge in [0.25, 0.3) is 5.89 Å². The van der Waals surface area contributed by atoms with E-state index in [-0.39, 0.29) is 12.1 Å². The Morgan fingerprint density at radius 2 is 2.12 bits per heavy atom. The molecule has 0 spiro atoms. The number of anilines is 1. The third-order valence-corrected chi connectivity index (χ3v) is 5.85. The van der Waals surface area contributed by atoms with Crippen LogP contribution in [0.4, 0.5) is 5.69 Å². The van der Waals surface area contributed by atoms with Gasteiger partial charge < -0.3 is 20.3 Å². The van der Waals surface area contributed by atoms with Crippen molar-refractivity contribution in [2.24, 2.45) is 0 Å². The second-order valence-corrected chi connectivity index (χ2v) is 8.73. The molecule has 170 valence electrons. The summed E-state index contributed by atoms with van der Waals surface area (Å²) < 4.78 is 11.3. The number of nitrogens with one attached hydrogen (secondary N) is 2. The lowest BCUT2D eigenvalue weighted by molar-refractivity contribution is 0.244. The fraction of sp³-hybridized carbons (Fsp3) is 0.320. The van der Waals surface area contributed by atoms with Crippen LogP contribution in [0.1, 0.15) is 48.8 Å². The number of nitrogens with two attached hydrogens (primary N) is 1. The number of aryl methyl sites for hydroxylation is 1. The molecule has 2 aromatic heterocycles. The lowest BCUT2D eigenvalue weighted by Crippen LogP contribution is -2.18. The normalized spacial score (nSPS) is 15.2. The average molecular weight is 445 g/mol. The highest BCUT2D eigenvalue weighted by Crippen LogP contribution is 2.38. The van der Waals surface area contributed by atoms with Crippen LogP contribution in [0.2, 0.25) is 0 Å². The summed E-state index contributed by atoms with van der Waals surface area (Å²) in [6, 6.07) is 14.2. The van der Waals surface area contributed by atoms with E-state index >= 15 is 0 Å². The summed E-state index contributed by atoms with van der Waals surface area (Å²) in [5.41, 5.74) is 13.1. The molecule has 4 N–H and O–H groups in total. The first kappa shape index (κ1) is 21.2. The van der Waals surface area contributed by atoms with Crippen LogP contribution in [0.15, 0.2) is 47.0 Å². The maximum atomic E-state index is 6.16. The molecule has 0 aliphatic heterocycles. The maximum Gasteiger partial charge on any atom is 0.258 e. The molecule has 2 heterocycles. The van der Waals surface area contributed by atoms with Crippen molar-refractivity contribution in [1.29, 1.82) is 0 Å². The van der Waals surface area contributed by atoms with Crippen LogP contribution in [-0.2, 0) is 13.0 Å². The van der Waals surface area contributed by atoms with Gasteiger partial charge >= 0.3 is 0 Å². The van der Waals surface area contributed by atoms with Gasteiger partial charge in [-0.25, -0.2) is 0 Å². The molecule has 1 aliphatic carbocycles. The molecule has 0 saturated carbocycles. The van der Waals surface area contributed by atoms with E-state index in [1.807, 2.05) is 32.9 Å². The first-order valence-corrected chi connectivity index (χ1v) is 11.2. The minimum absolute atomic E-state index is 0.0510. The van der Waals surface area contributed by atoms with Gasteiger partial charge in [-0.05, 0) is 69.0 Å². The monoisotopic (exact) mass is 444 g/mol. The molecule has 0 unspecified atom stereocenters. The predicted octanol–water partition coefficient (Wildman–Crippen LogP) is 4.58. The minimum atomic E-state index is 0.0510. The molecular formula is C25H28N6O2. The van der Waals surface area contributed by atoms with Gasteiger partial charge in [-0.3, -0.25) is 5.10 Å². The molecule has 8 nitrogen and oxygen atoms in total. The van der Waals surface area contributed by atoms with Crippen LogP contribution >= 0.6 is 0 Å². The first-order valence-electron chi connectivity index (χ1n) is 11.2. The average Bonchev–Trinajstić information content (AvgIpc) is 3.53. The fourth-order valence-electron chi connectivity index (χ4n) is 4.36. The molecule has 0 fully saturated rings. The van der Waals surface area contributed by atoms with Crippen molar-refractivity contribution in [3.63, 3.8) is 0 Å². The van der Waals surface area contributed by atoms with Crippen molar-refractivity contribution in [2.45, 2.75) is 52.3 Å². The second-order valence-electron chi connectivity index (χ2n) is 8.73. The standard InChI is InChI=1S/C25H28N6O2/c1-14(2)32-23-10-7-16(12-21(23)26)25-28-24(31-33-25)20-6-4-5-19-18(20)8-9-22(19)27-13-17-11-15(3)29-30-17/h4-7,10-12,14,22,27H,8-9,13,26H2,1-3H3,(H,29,30)/t22-/m0/s1. The van der Waals surface area contributed by atoms with Crippen LogP contribution in [0, 0.1) is 6.92 Å². The van der Waals surface area contributed by atoms with Crippen LogP contribution in [0.5, 0.6) is 5.75 Å². The molecule has 0 amide bonds. The lowest BCUT2D eigenvalue weighted by atomic mass is 10.0. The number of aromatic nitrogens is 4. The van der Waals surface area contributed by atoms with Crippen molar-refractivity contribution in [3.8, 4) is 28.6 Å². The Labute approximate surface area is 192 Å². The zero-order valence-electron chi connectivity index (χ0n) is 19.1. The van der Waals surface area contributed by atoms with E-state index in [0.717, 1.165) is 41.9 Å². The molecule has 1 aliphatic rings. The summed E-state index contributed by atoms with van der Waals surface area (Å²) in [6.45, 7) is 6.67. The van der Waals surface area contributed by atoms with E-state index in [9.17, 15) is 0 Å². The molecule has 1 atom stereocenters. The Bertz CT molecular complexity index is 1280. The Kier molecular flexibility index (Phi) is 5.60. The summed E-state index contributed by atoms with van der Waals surface area (Å²) in [5.74, 6) is 1.68. The highest BCUT2D eigenvalue weighted by atomic mass is 16.5. The Morgan fingerprint density at radius 3 is 2.88 bits per heavy atom. The van der Waals surface area contributed by atoms with E-state index in [4.69, 9.17) is 15.0 Å². The van der Waals surface area contributed by atoms with Gasteiger partial charge in [-0.2, -0.15) is 10.1 Å². The van der Waals surface area contributed by atoms with Crippen LogP contribution in [0.25, 0.3) is 22.8 Å². The third kappa shape index (κ3) is 4.34. The van der Waals surface area contributed by atoms with E-state index in [2.05, 4.69) is 49.9 Å². The predicted molar refractivity (Wildman–Crippen MR) is 127 cm³/mol. The van der Waals surface area contributed by atoms with E-state index < -0.39 is 0 Å². The van der Waals surface area contributed by atoms with E-state index in [1.54, 1.807) is 6.07 Å². The zero-order valence-corrected chi connectivity index (χ0v) is 19.1. The number of hydrogen-bond donors (Lipinski definition) is 3. The molecular weight excluding hydrogens is 416 g/mol. The van der Waals surface area contributed by atoms with Crippen molar-refractivity contribution >= 4 is 5.69 Å². The molecule has 0 bridgehead atoms. The molecule has 33 heavy (non-hydrogen) atoms. The first-order chi connectivity index (χ1) is 16.0. The fourth-order valence-corrected chi connectivity index (χ4v) is 4.36. The Hall–Kier alpha value is -3.65. The topological polar surface area (TPSA) is 115 Å². The smallest absolute Gasteiger partial charge is 0.258 e. The minimum Gasteiger partial charge on any atom is -0.489 e. The number of aromatic amines is 1. The number of hydrogen-bond acceptors (Lipinski definition) is 7. The van der Waals surface area contributed by atoms with E-state index in [1.165, 1.54) is 11.1 Å². The number of benzene rings is 2. The number of H-pyrrole nitrogens is 1. The number of nitrogen functional groups attached to an aromatic ring is 1. The van der Waals surface area contributed by atoms with Gasteiger partial charge in [0.05, 0.1) is 17.5 Å². The van der Waals surface area contributed by atoms with Crippen molar-refractivity contribution < 1.29 is 9.26 Å². The Balaban J connectivity index is 1.36.